The molecular weight excluding hydrogens is 426 g/mol. The van der Waals surface area contributed by atoms with Gasteiger partial charge in [0.15, 0.2) is 11.5 Å². The number of hydrogen-bond acceptors (Lipinski definition) is 7. The van der Waals surface area contributed by atoms with Gasteiger partial charge in [-0.1, -0.05) is 30.3 Å². The number of hydrogen-bond donors (Lipinski definition) is 0. The van der Waals surface area contributed by atoms with Crippen LogP contribution in [0, 0.1) is 5.92 Å². The van der Waals surface area contributed by atoms with Crippen LogP contribution in [0.4, 0.5) is 0 Å². The first-order valence-electron chi connectivity index (χ1n) is 10.9. The zero-order chi connectivity index (χ0) is 23.5. The SMILES string of the molecule is CCOC(=O)[C@@H]1CCCN(C(=O)Cn2c(=O)c3cnc(-c4ccccc4)nc3n(C)c2=O)C1. The molecule has 3 aromatic rings. The first-order valence-corrected chi connectivity index (χ1v) is 10.9. The number of piperidine rings is 1. The number of aromatic nitrogens is 4. The number of benzene rings is 1. The molecule has 1 fully saturated rings. The molecule has 1 amide bonds. The standard InChI is InChI=1S/C23H25N5O5/c1-3-33-22(31)16-10-7-11-27(13-16)18(29)14-28-21(30)17-12-24-19(15-8-5-4-6-9-15)25-20(17)26(2)23(28)32/h4-6,8-9,12,16H,3,7,10-11,13-14H2,1-2H3/t16-/m1/s1. The summed E-state index contributed by atoms with van der Waals surface area (Å²) in [6.45, 7) is 2.26. The molecule has 3 heterocycles. The Morgan fingerprint density at radius 2 is 1.94 bits per heavy atom. The van der Waals surface area contributed by atoms with E-state index in [2.05, 4.69) is 9.97 Å². The molecule has 0 saturated carbocycles. The van der Waals surface area contributed by atoms with E-state index in [4.69, 9.17) is 4.74 Å². The molecule has 2 aromatic heterocycles. The second-order valence-electron chi connectivity index (χ2n) is 7.96. The van der Waals surface area contributed by atoms with E-state index in [9.17, 15) is 19.2 Å². The monoisotopic (exact) mass is 451 g/mol. The molecule has 0 N–H and O–H groups in total. The summed E-state index contributed by atoms with van der Waals surface area (Å²) >= 11 is 0. The Bertz CT molecular complexity index is 1310. The second-order valence-corrected chi connectivity index (χ2v) is 7.96. The molecule has 1 aliphatic rings. The van der Waals surface area contributed by atoms with Crippen LogP contribution in [0.25, 0.3) is 22.4 Å². The van der Waals surface area contributed by atoms with Gasteiger partial charge >= 0.3 is 11.7 Å². The van der Waals surface area contributed by atoms with E-state index in [1.165, 1.54) is 22.7 Å². The average Bonchev–Trinajstić information content (AvgIpc) is 2.85. The Hall–Kier alpha value is -3.82. The van der Waals surface area contributed by atoms with Gasteiger partial charge in [0.1, 0.15) is 11.9 Å². The topological polar surface area (TPSA) is 116 Å². The van der Waals surface area contributed by atoms with Crippen molar-refractivity contribution in [1.82, 2.24) is 24.0 Å². The van der Waals surface area contributed by atoms with Gasteiger partial charge in [-0.15, -0.1) is 0 Å². The number of carbonyl (C=O) groups excluding carboxylic acids is 2. The highest BCUT2D eigenvalue weighted by Crippen LogP contribution is 2.19. The van der Waals surface area contributed by atoms with Crippen LogP contribution in [-0.4, -0.2) is 55.6 Å². The smallest absolute Gasteiger partial charge is 0.332 e. The van der Waals surface area contributed by atoms with Gasteiger partial charge < -0.3 is 9.64 Å². The highest BCUT2D eigenvalue weighted by Gasteiger charge is 2.30. The lowest BCUT2D eigenvalue weighted by Crippen LogP contribution is -2.48. The lowest BCUT2D eigenvalue weighted by Gasteiger charge is -2.31. The number of nitrogens with zero attached hydrogens (tertiary/aromatic N) is 5. The summed E-state index contributed by atoms with van der Waals surface area (Å²) in [6.07, 6.45) is 2.67. The minimum Gasteiger partial charge on any atom is -0.466 e. The molecule has 1 aliphatic heterocycles. The van der Waals surface area contributed by atoms with Gasteiger partial charge in [0.05, 0.1) is 12.5 Å². The van der Waals surface area contributed by atoms with Crippen LogP contribution >= 0.6 is 0 Å². The van der Waals surface area contributed by atoms with E-state index in [0.717, 1.165) is 10.1 Å². The van der Waals surface area contributed by atoms with Crippen molar-refractivity contribution in [2.45, 2.75) is 26.3 Å². The summed E-state index contributed by atoms with van der Waals surface area (Å²) < 4.78 is 7.21. The van der Waals surface area contributed by atoms with E-state index in [-0.39, 0.29) is 30.2 Å². The maximum absolute atomic E-state index is 13.1. The fraction of sp³-hybridized carbons (Fsp3) is 0.391. The van der Waals surface area contributed by atoms with E-state index in [0.29, 0.717) is 25.2 Å². The van der Waals surface area contributed by atoms with Gasteiger partial charge in [0.25, 0.3) is 5.56 Å². The molecule has 1 atom stereocenters. The van der Waals surface area contributed by atoms with Gasteiger partial charge in [0, 0.05) is 31.9 Å². The van der Waals surface area contributed by atoms with Gasteiger partial charge in [-0.3, -0.25) is 23.5 Å². The van der Waals surface area contributed by atoms with Gasteiger partial charge in [-0.2, -0.15) is 0 Å². The van der Waals surface area contributed by atoms with Crippen LogP contribution in [0.2, 0.25) is 0 Å². The van der Waals surface area contributed by atoms with Crippen molar-refractivity contribution in [2.75, 3.05) is 19.7 Å². The van der Waals surface area contributed by atoms with Crippen molar-refractivity contribution in [3.05, 3.63) is 57.4 Å². The van der Waals surface area contributed by atoms with Crippen molar-refractivity contribution in [3.63, 3.8) is 0 Å². The summed E-state index contributed by atoms with van der Waals surface area (Å²) in [5, 5.41) is 0.146. The van der Waals surface area contributed by atoms with Gasteiger partial charge in [-0.25, -0.2) is 14.8 Å². The minimum absolute atomic E-state index is 0.146. The summed E-state index contributed by atoms with van der Waals surface area (Å²) in [6, 6.07) is 9.23. The Labute approximate surface area is 189 Å². The molecule has 4 rings (SSSR count). The molecule has 0 unspecified atom stereocenters. The Balaban J connectivity index is 1.63. The molecular formula is C23H25N5O5. The molecule has 1 aromatic carbocycles. The number of fused-ring (bicyclic) bond motifs is 1. The number of ether oxygens (including phenoxy) is 1. The van der Waals surface area contributed by atoms with Crippen LogP contribution in [0.5, 0.6) is 0 Å². The minimum atomic E-state index is -0.641. The second kappa shape index (κ2) is 9.35. The molecule has 10 heteroatoms. The van der Waals surface area contributed by atoms with Crippen LogP contribution < -0.4 is 11.2 Å². The zero-order valence-electron chi connectivity index (χ0n) is 18.6. The van der Waals surface area contributed by atoms with Crippen LogP contribution in [0.3, 0.4) is 0 Å². The van der Waals surface area contributed by atoms with Crippen LogP contribution in [0.15, 0.2) is 46.1 Å². The van der Waals surface area contributed by atoms with Crippen molar-refractivity contribution in [2.24, 2.45) is 13.0 Å². The Morgan fingerprint density at radius 3 is 2.67 bits per heavy atom. The summed E-state index contributed by atoms with van der Waals surface area (Å²) in [4.78, 5) is 61.2. The largest absolute Gasteiger partial charge is 0.466 e. The fourth-order valence-electron chi connectivity index (χ4n) is 4.04. The zero-order valence-corrected chi connectivity index (χ0v) is 18.6. The third-order valence-corrected chi connectivity index (χ3v) is 5.80. The fourth-order valence-corrected chi connectivity index (χ4v) is 4.04. The molecule has 33 heavy (non-hydrogen) atoms. The van der Waals surface area contributed by atoms with Crippen molar-refractivity contribution < 1.29 is 14.3 Å². The van der Waals surface area contributed by atoms with Crippen molar-refractivity contribution in [3.8, 4) is 11.4 Å². The molecule has 172 valence electrons. The Kier molecular flexibility index (Phi) is 6.34. The van der Waals surface area contributed by atoms with E-state index < -0.39 is 29.6 Å². The Morgan fingerprint density at radius 1 is 1.18 bits per heavy atom. The lowest BCUT2D eigenvalue weighted by molar-refractivity contribution is -0.151. The molecule has 0 spiro atoms. The first kappa shape index (κ1) is 22.4. The summed E-state index contributed by atoms with van der Waals surface area (Å²) in [7, 11) is 1.50. The summed E-state index contributed by atoms with van der Waals surface area (Å²) in [5.41, 5.74) is -0.312. The van der Waals surface area contributed by atoms with E-state index in [1.807, 2.05) is 30.3 Å². The molecule has 10 nitrogen and oxygen atoms in total. The summed E-state index contributed by atoms with van der Waals surface area (Å²) in [5.74, 6) is -0.738. The highest BCUT2D eigenvalue weighted by atomic mass is 16.5. The number of carbonyl (C=O) groups is 2. The van der Waals surface area contributed by atoms with Crippen molar-refractivity contribution in [1.29, 1.82) is 0 Å². The van der Waals surface area contributed by atoms with Gasteiger partial charge in [0.2, 0.25) is 5.91 Å². The van der Waals surface area contributed by atoms with E-state index in [1.54, 1.807) is 6.92 Å². The molecule has 0 aliphatic carbocycles. The van der Waals surface area contributed by atoms with Gasteiger partial charge in [-0.05, 0) is 19.8 Å². The van der Waals surface area contributed by atoms with E-state index >= 15 is 0 Å². The number of amides is 1. The number of rotatable bonds is 5. The number of esters is 1. The normalized spacial score (nSPS) is 16.1. The maximum atomic E-state index is 13.1. The highest BCUT2D eigenvalue weighted by molar-refractivity contribution is 5.79. The number of likely N-dealkylation sites (tertiary alicyclic amines) is 1. The predicted molar refractivity (Wildman–Crippen MR) is 120 cm³/mol. The third kappa shape index (κ3) is 4.41. The molecule has 1 saturated heterocycles. The van der Waals surface area contributed by atoms with Crippen LogP contribution in [-0.2, 0) is 27.9 Å². The average molecular weight is 451 g/mol. The molecule has 0 bridgehead atoms. The predicted octanol–water partition coefficient (Wildman–Crippen LogP) is 0.959. The van der Waals surface area contributed by atoms with Crippen molar-refractivity contribution >= 4 is 22.9 Å². The maximum Gasteiger partial charge on any atom is 0.332 e. The lowest BCUT2D eigenvalue weighted by atomic mass is 9.98. The first-order chi connectivity index (χ1) is 15.9. The van der Waals surface area contributed by atoms with Crippen LogP contribution in [0.1, 0.15) is 19.8 Å². The third-order valence-electron chi connectivity index (χ3n) is 5.80. The number of aryl methyl sites for hydroxylation is 1. The quantitative estimate of drug-likeness (QED) is 0.531. The molecule has 0 radical (unpaired) electrons.